The standard InChI is InChI=1S/C16H26N2OS/c1-13-11-18(12-14(2)20-13)8-9-19-16-6-4-15(5-7-16)10-17-3/h4-7,13-14,17H,8-12H2,1-3H3. The summed E-state index contributed by atoms with van der Waals surface area (Å²) in [6, 6.07) is 8.36. The van der Waals surface area contributed by atoms with E-state index in [4.69, 9.17) is 4.74 Å². The predicted octanol–water partition coefficient (Wildman–Crippen LogP) is 2.61. The van der Waals surface area contributed by atoms with Gasteiger partial charge in [-0.25, -0.2) is 0 Å². The van der Waals surface area contributed by atoms with Crippen molar-refractivity contribution < 1.29 is 4.74 Å². The van der Waals surface area contributed by atoms with Gasteiger partial charge in [0.05, 0.1) is 0 Å². The van der Waals surface area contributed by atoms with Crippen LogP contribution in [0.3, 0.4) is 0 Å². The summed E-state index contributed by atoms with van der Waals surface area (Å²) in [5, 5.41) is 4.62. The minimum absolute atomic E-state index is 0.736. The van der Waals surface area contributed by atoms with Gasteiger partial charge in [-0.2, -0.15) is 11.8 Å². The van der Waals surface area contributed by atoms with E-state index >= 15 is 0 Å². The van der Waals surface area contributed by atoms with Crippen molar-refractivity contribution in [2.45, 2.75) is 30.9 Å². The summed E-state index contributed by atoms with van der Waals surface area (Å²) in [6.07, 6.45) is 0. The Bertz CT molecular complexity index is 386. The molecule has 0 saturated carbocycles. The van der Waals surface area contributed by atoms with Crippen LogP contribution in [0, 0.1) is 0 Å². The lowest BCUT2D eigenvalue weighted by molar-refractivity contribution is 0.207. The summed E-state index contributed by atoms with van der Waals surface area (Å²) < 4.78 is 5.84. The molecular weight excluding hydrogens is 268 g/mol. The summed E-state index contributed by atoms with van der Waals surface area (Å²) in [7, 11) is 1.96. The molecule has 1 saturated heterocycles. The first-order valence-electron chi connectivity index (χ1n) is 7.41. The lowest BCUT2D eigenvalue weighted by Crippen LogP contribution is -2.42. The molecule has 1 aromatic rings. The number of ether oxygens (including phenoxy) is 1. The molecule has 1 N–H and O–H groups in total. The number of benzene rings is 1. The second-order valence-electron chi connectivity index (χ2n) is 5.54. The Balaban J connectivity index is 1.72. The second kappa shape index (κ2) is 7.91. The normalized spacial score (nSPS) is 23.8. The molecule has 2 unspecified atom stereocenters. The molecule has 112 valence electrons. The fourth-order valence-corrected chi connectivity index (χ4v) is 4.05. The molecule has 1 heterocycles. The summed E-state index contributed by atoms with van der Waals surface area (Å²) in [4.78, 5) is 2.52. The highest BCUT2D eigenvalue weighted by Crippen LogP contribution is 2.24. The molecule has 0 bridgehead atoms. The Hall–Kier alpha value is -0.710. The zero-order valence-electron chi connectivity index (χ0n) is 12.8. The van der Waals surface area contributed by atoms with E-state index < -0.39 is 0 Å². The molecule has 2 rings (SSSR count). The SMILES string of the molecule is CNCc1ccc(OCCN2CC(C)SC(C)C2)cc1. The summed E-state index contributed by atoms with van der Waals surface area (Å²) in [5.41, 5.74) is 1.29. The molecule has 3 nitrogen and oxygen atoms in total. The van der Waals surface area contributed by atoms with Gasteiger partial charge >= 0.3 is 0 Å². The third-order valence-electron chi connectivity index (χ3n) is 3.48. The molecule has 1 aliphatic heterocycles. The second-order valence-corrected chi connectivity index (χ2v) is 7.42. The van der Waals surface area contributed by atoms with Crippen molar-refractivity contribution in [2.24, 2.45) is 0 Å². The van der Waals surface area contributed by atoms with Crippen LogP contribution in [-0.4, -0.2) is 48.7 Å². The number of hydrogen-bond acceptors (Lipinski definition) is 4. The number of rotatable bonds is 6. The topological polar surface area (TPSA) is 24.5 Å². The average Bonchev–Trinajstić information content (AvgIpc) is 2.40. The fraction of sp³-hybridized carbons (Fsp3) is 0.625. The molecule has 0 aliphatic carbocycles. The molecular formula is C16H26N2OS. The lowest BCUT2D eigenvalue weighted by Gasteiger charge is -2.34. The number of nitrogens with one attached hydrogen (secondary N) is 1. The molecule has 20 heavy (non-hydrogen) atoms. The minimum Gasteiger partial charge on any atom is -0.492 e. The van der Waals surface area contributed by atoms with Gasteiger partial charge in [0.1, 0.15) is 12.4 Å². The van der Waals surface area contributed by atoms with E-state index in [9.17, 15) is 0 Å². The van der Waals surface area contributed by atoms with E-state index in [-0.39, 0.29) is 0 Å². The molecule has 0 spiro atoms. The summed E-state index contributed by atoms with van der Waals surface area (Å²) in [5.74, 6) is 0.970. The lowest BCUT2D eigenvalue weighted by atomic mass is 10.2. The van der Waals surface area contributed by atoms with E-state index in [2.05, 4.69) is 60.1 Å². The van der Waals surface area contributed by atoms with Gasteiger partial charge in [0.15, 0.2) is 0 Å². The zero-order valence-corrected chi connectivity index (χ0v) is 13.6. The first kappa shape index (κ1) is 15.7. The maximum atomic E-state index is 5.84. The number of nitrogens with zero attached hydrogens (tertiary/aromatic N) is 1. The predicted molar refractivity (Wildman–Crippen MR) is 87.7 cm³/mol. The quantitative estimate of drug-likeness (QED) is 0.871. The van der Waals surface area contributed by atoms with Crippen LogP contribution >= 0.6 is 11.8 Å². The Morgan fingerprint density at radius 3 is 2.45 bits per heavy atom. The zero-order chi connectivity index (χ0) is 14.4. The molecule has 0 aromatic heterocycles. The first-order chi connectivity index (χ1) is 9.67. The van der Waals surface area contributed by atoms with Gasteiger partial charge in [0.25, 0.3) is 0 Å². The third-order valence-corrected chi connectivity index (χ3v) is 4.70. The first-order valence-corrected chi connectivity index (χ1v) is 8.36. The largest absolute Gasteiger partial charge is 0.492 e. The van der Waals surface area contributed by atoms with Crippen LogP contribution in [0.2, 0.25) is 0 Å². The summed E-state index contributed by atoms with van der Waals surface area (Å²) >= 11 is 2.09. The highest BCUT2D eigenvalue weighted by molar-refractivity contribution is 8.00. The monoisotopic (exact) mass is 294 g/mol. The highest BCUT2D eigenvalue weighted by Gasteiger charge is 2.21. The van der Waals surface area contributed by atoms with Gasteiger partial charge in [0, 0.05) is 36.7 Å². The van der Waals surface area contributed by atoms with Crippen LogP contribution in [-0.2, 0) is 6.54 Å². The van der Waals surface area contributed by atoms with Crippen LogP contribution in [0.5, 0.6) is 5.75 Å². The number of thioether (sulfide) groups is 1. The van der Waals surface area contributed by atoms with Crippen molar-refractivity contribution in [3.8, 4) is 5.75 Å². The van der Waals surface area contributed by atoms with Crippen molar-refractivity contribution >= 4 is 11.8 Å². The van der Waals surface area contributed by atoms with E-state index in [0.717, 1.165) is 35.9 Å². The van der Waals surface area contributed by atoms with Crippen molar-refractivity contribution in [3.05, 3.63) is 29.8 Å². The van der Waals surface area contributed by atoms with Crippen LogP contribution in [0.4, 0.5) is 0 Å². The average molecular weight is 294 g/mol. The Kier molecular flexibility index (Phi) is 6.20. The smallest absolute Gasteiger partial charge is 0.119 e. The maximum Gasteiger partial charge on any atom is 0.119 e. The molecule has 1 fully saturated rings. The van der Waals surface area contributed by atoms with Crippen molar-refractivity contribution in [1.82, 2.24) is 10.2 Å². The van der Waals surface area contributed by atoms with E-state index in [0.29, 0.717) is 0 Å². The van der Waals surface area contributed by atoms with E-state index in [1.807, 2.05) is 7.05 Å². The molecule has 4 heteroatoms. The van der Waals surface area contributed by atoms with E-state index in [1.54, 1.807) is 0 Å². The minimum atomic E-state index is 0.736. The number of hydrogen-bond donors (Lipinski definition) is 1. The van der Waals surface area contributed by atoms with Gasteiger partial charge in [-0.15, -0.1) is 0 Å². The van der Waals surface area contributed by atoms with Crippen LogP contribution < -0.4 is 10.1 Å². The van der Waals surface area contributed by atoms with Crippen LogP contribution in [0.1, 0.15) is 19.4 Å². The van der Waals surface area contributed by atoms with Gasteiger partial charge in [-0.3, -0.25) is 4.90 Å². The van der Waals surface area contributed by atoms with Crippen LogP contribution in [0.25, 0.3) is 0 Å². The molecule has 0 amide bonds. The van der Waals surface area contributed by atoms with Gasteiger partial charge in [-0.05, 0) is 24.7 Å². The van der Waals surface area contributed by atoms with Crippen molar-refractivity contribution in [2.75, 3.05) is 33.3 Å². The molecule has 1 aromatic carbocycles. The fourth-order valence-electron chi connectivity index (χ4n) is 2.67. The van der Waals surface area contributed by atoms with Crippen LogP contribution in [0.15, 0.2) is 24.3 Å². The summed E-state index contributed by atoms with van der Waals surface area (Å²) in [6.45, 7) is 9.69. The Morgan fingerprint density at radius 1 is 1.20 bits per heavy atom. The molecule has 2 atom stereocenters. The van der Waals surface area contributed by atoms with E-state index in [1.165, 1.54) is 18.7 Å². The Labute approximate surface area is 127 Å². The molecule has 0 radical (unpaired) electrons. The van der Waals surface area contributed by atoms with Gasteiger partial charge in [-0.1, -0.05) is 26.0 Å². The van der Waals surface area contributed by atoms with Crippen molar-refractivity contribution in [3.63, 3.8) is 0 Å². The maximum absolute atomic E-state index is 5.84. The Morgan fingerprint density at radius 2 is 1.85 bits per heavy atom. The third kappa shape index (κ3) is 5.00. The molecule has 1 aliphatic rings. The van der Waals surface area contributed by atoms with Gasteiger partial charge < -0.3 is 10.1 Å². The highest BCUT2D eigenvalue weighted by atomic mass is 32.2. The van der Waals surface area contributed by atoms with Crippen molar-refractivity contribution in [1.29, 1.82) is 0 Å². The van der Waals surface area contributed by atoms with Gasteiger partial charge in [0.2, 0.25) is 0 Å².